The van der Waals surface area contributed by atoms with E-state index in [0.29, 0.717) is 5.56 Å². The molecule has 0 saturated carbocycles. The lowest BCUT2D eigenvalue weighted by Crippen LogP contribution is -2.14. The highest BCUT2D eigenvalue weighted by Crippen LogP contribution is 2.19. The van der Waals surface area contributed by atoms with Gasteiger partial charge >= 0.3 is 0 Å². The normalized spacial score (nSPS) is 11.3. The molecule has 0 bridgehead atoms. The van der Waals surface area contributed by atoms with Gasteiger partial charge in [0.05, 0.1) is 4.90 Å². The highest BCUT2D eigenvalue weighted by atomic mass is 32.2. The molecule has 2 aromatic carbocycles. The molecule has 0 aromatic heterocycles. The van der Waals surface area contributed by atoms with Crippen LogP contribution in [0.2, 0.25) is 0 Å². The van der Waals surface area contributed by atoms with Crippen molar-refractivity contribution in [3.8, 4) is 0 Å². The largest absolute Gasteiger partial charge is 0.385 e. The van der Waals surface area contributed by atoms with Crippen molar-refractivity contribution in [2.45, 2.75) is 24.7 Å². The van der Waals surface area contributed by atoms with E-state index in [1.54, 1.807) is 19.1 Å². The molecule has 0 unspecified atom stereocenters. The number of anilines is 1. The lowest BCUT2D eigenvalue weighted by Gasteiger charge is -2.10. The van der Waals surface area contributed by atoms with Gasteiger partial charge in [0.15, 0.2) is 0 Å². The molecule has 0 spiro atoms. The number of primary sulfonamides is 1. The first-order valence-corrected chi connectivity index (χ1v) is 8.43. The van der Waals surface area contributed by atoms with Gasteiger partial charge in [-0.05, 0) is 43.0 Å². The van der Waals surface area contributed by atoms with E-state index in [9.17, 15) is 8.42 Å². The number of hydrogen-bond donors (Lipinski definition) is 2. The zero-order chi connectivity index (χ0) is 15.3. The fourth-order valence-electron chi connectivity index (χ4n) is 2.19. The molecule has 0 aliphatic carbocycles. The second-order valence-electron chi connectivity index (χ2n) is 5.04. The number of nitrogens with two attached hydrogens (primary N) is 1. The number of sulfonamides is 1. The van der Waals surface area contributed by atoms with Crippen molar-refractivity contribution in [3.63, 3.8) is 0 Å². The minimum absolute atomic E-state index is 0.176. The molecule has 21 heavy (non-hydrogen) atoms. The summed E-state index contributed by atoms with van der Waals surface area (Å²) in [6.07, 6.45) is 1.96. The Balaban J connectivity index is 1.92. The van der Waals surface area contributed by atoms with Gasteiger partial charge in [0.2, 0.25) is 10.0 Å². The third kappa shape index (κ3) is 4.58. The number of benzene rings is 2. The smallest absolute Gasteiger partial charge is 0.238 e. The minimum atomic E-state index is -3.67. The first-order chi connectivity index (χ1) is 9.97. The summed E-state index contributed by atoms with van der Waals surface area (Å²) in [6.45, 7) is 2.51. The van der Waals surface area contributed by atoms with Crippen LogP contribution in [0, 0.1) is 6.92 Å². The third-order valence-electron chi connectivity index (χ3n) is 3.31. The highest BCUT2D eigenvalue weighted by molar-refractivity contribution is 7.89. The Morgan fingerprint density at radius 3 is 2.48 bits per heavy atom. The summed E-state index contributed by atoms with van der Waals surface area (Å²) in [5.41, 5.74) is 2.73. The molecule has 112 valence electrons. The number of hydrogen-bond acceptors (Lipinski definition) is 3. The van der Waals surface area contributed by atoms with E-state index in [0.717, 1.165) is 25.1 Å². The fraction of sp³-hybridized carbons (Fsp3) is 0.250. The van der Waals surface area contributed by atoms with Crippen molar-refractivity contribution in [2.75, 3.05) is 11.9 Å². The molecule has 2 aromatic rings. The SMILES string of the molecule is Cc1ccc(NCCCc2ccccc2)cc1S(N)(=O)=O. The summed E-state index contributed by atoms with van der Waals surface area (Å²) in [4.78, 5) is 0.176. The van der Waals surface area contributed by atoms with Crippen molar-refractivity contribution in [3.05, 3.63) is 59.7 Å². The molecule has 3 N–H and O–H groups in total. The number of rotatable bonds is 6. The standard InChI is InChI=1S/C16H20N2O2S/c1-13-9-10-15(12-16(13)21(17,19)20)18-11-5-8-14-6-3-2-4-7-14/h2-4,6-7,9-10,12,18H,5,8,11H2,1H3,(H2,17,19,20). The van der Waals surface area contributed by atoms with Gasteiger partial charge in [0, 0.05) is 12.2 Å². The Morgan fingerprint density at radius 2 is 1.81 bits per heavy atom. The molecule has 4 nitrogen and oxygen atoms in total. The van der Waals surface area contributed by atoms with Crippen molar-refractivity contribution in [2.24, 2.45) is 5.14 Å². The Kier molecular flexibility index (Phi) is 4.98. The molecular formula is C16H20N2O2S. The van der Waals surface area contributed by atoms with Crippen LogP contribution >= 0.6 is 0 Å². The van der Waals surface area contributed by atoms with E-state index >= 15 is 0 Å². The molecule has 0 atom stereocenters. The van der Waals surface area contributed by atoms with Crippen LogP contribution in [0.3, 0.4) is 0 Å². The predicted molar refractivity (Wildman–Crippen MR) is 85.8 cm³/mol. The van der Waals surface area contributed by atoms with Crippen LogP contribution < -0.4 is 10.5 Å². The minimum Gasteiger partial charge on any atom is -0.385 e. The quantitative estimate of drug-likeness (QED) is 0.806. The van der Waals surface area contributed by atoms with Gasteiger partial charge in [-0.1, -0.05) is 36.4 Å². The summed E-state index contributed by atoms with van der Waals surface area (Å²) in [5.74, 6) is 0. The number of aryl methyl sites for hydroxylation is 2. The van der Waals surface area contributed by atoms with Gasteiger partial charge in [0.1, 0.15) is 0 Å². The molecular weight excluding hydrogens is 284 g/mol. The molecule has 0 heterocycles. The van der Waals surface area contributed by atoms with Crippen molar-refractivity contribution < 1.29 is 8.42 Å². The summed E-state index contributed by atoms with van der Waals surface area (Å²) in [5, 5.41) is 8.44. The zero-order valence-electron chi connectivity index (χ0n) is 12.0. The van der Waals surface area contributed by atoms with E-state index in [1.165, 1.54) is 5.56 Å². The third-order valence-corrected chi connectivity index (χ3v) is 4.36. The Labute approximate surface area is 126 Å². The lowest BCUT2D eigenvalue weighted by atomic mass is 10.1. The average Bonchev–Trinajstić information content (AvgIpc) is 2.45. The molecule has 0 aliphatic rings. The monoisotopic (exact) mass is 304 g/mol. The number of nitrogens with one attached hydrogen (secondary N) is 1. The van der Waals surface area contributed by atoms with E-state index in [-0.39, 0.29) is 4.90 Å². The van der Waals surface area contributed by atoms with E-state index in [2.05, 4.69) is 17.4 Å². The molecule has 0 saturated heterocycles. The summed E-state index contributed by atoms with van der Waals surface area (Å²) < 4.78 is 22.9. The van der Waals surface area contributed by atoms with E-state index in [4.69, 9.17) is 5.14 Å². The van der Waals surface area contributed by atoms with Gasteiger partial charge in [0.25, 0.3) is 0 Å². The predicted octanol–water partition coefficient (Wildman–Crippen LogP) is 2.69. The lowest BCUT2D eigenvalue weighted by molar-refractivity contribution is 0.597. The van der Waals surface area contributed by atoms with Crippen LogP contribution in [0.15, 0.2) is 53.4 Å². The Hall–Kier alpha value is -1.85. The second kappa shape index (κ2) is 6.74. The maximum absolute atomic E-state index is 11.5. The van der Waals surface area contributed by atoms with Gasteiger partial charge in [-0.3, -0.25) is 0 Å². The Morgan fingerprint density at radius 1 is 1.10 bits per heavy atom. The maximum Gasteiger partial charge on any atom is 0.238 e. The van der Waals surface area contributed by atoms with E-state index in [1.807, 2.05) is 24.3 Å². The van der Waals surface area contributed by atoms with Crippen LogP contribution in [0.4, 0.5) is 5.69 Å². The van der Waals surface area contributed by atoms with Crippen LogP contribution in [0.1, 0.15) is 17.5 Å². The molecule has 0 aliphatic heterocycles. The second-order valence-corrected chi connectivity index (χ2v) is 6.57. The topological polar surface area (TPSA) is 72.2 Å². The fourth-order valence-corrected chi connectivity index (χ4v) is 2.99. The van der Waals surface area contributed by atoms with Crippen molar-refractivity contribution >= 4 is 15.7 Å². The zero-order valence-corrected chi connectivity index (χ0v) is 12.9. The van der Waals surface area contributed by atoms with Crippen LogP contribution in [-0.2, 0) is 16.4 Å². The van der Waals surface area contributed by atoms with Crippen LogP contribution in [-0.4, -0.2) is 15.0 Å². The summed E-state index contributed by atoms with van der Waals surface area (Å²) >= 11 is 0. The highest BCUT2D eigenvalue weighted by Gasteiger charge is 2.11. The first kappa shape index (κ1) is 15.5. The van der Waals surface area contributed by atoms with Crippen molar-refractivity contribution in [1.29, 1.82) is 0 Å². The molecule has 2 rings (SSSR count). The van der Waals surface area contributed by atoms with E-state index < -0.39 is 10.0 Å². The molecule has 0 amide bonds. The average molecular weight is 304 g/mol. The van der Waals surface area contributed by atoms with Gasteiger partial charge in [-0.15, -0.1) is 0 Å². The van der Waals surface area contributed by atoms with Gasteiger partial charge in [-0.25, -0.2) is 13.6 Å². The molecule has 0 fully saturated rings. The molecule has 0 radical (unpaired) electrons. The Bertz CT molecular complexity index is 697. The molecule has 5 heteroatoms. The van der Waals surface area contributed by atoms with Gasteiger partial charge in [-0.2, -0.15) is 0 Å². The van der Waals surface area contributed by atoms with Gasteiger partial charge < -0.3 is 5.32 Å². The summed E-state index contributed by atoms with van der Waals surface area (Å²) in [6, 6.07) is 15.5. The summed E-state index contributed by atoms with van der Waals surface area (Å²) in [7, 11) is -3.67. The van der Waals surface area contributed by atoms with Crippen molar-refractivity contribution in [1.82, 2.24) is 0 Å². The van der Waals surface area contributed by atoms with Crippen LogP contribution in [0.25, 0.3) is 0 Å². The van der Waals surface area contributed by atoms with Crippen LogP contribution in [0.5, 0.6) is 0 Å². The first-order valence-electron chi connectivity index (χ1n) is 6.88. The maximum atomic E-state index is 11.5.